The third kappa shape index (κ3) is 1.54. The van der Waals surface area contributed by atoms with Gasteiger partial charge in [0, 0.05) is 11.3 Å². The lowest BCUT2D eigenvalue weighted by atomic mass is 10.1. The normalized spacial score (nSPS) is 11.0. The van der Waals surface area contributed by atoms with Crippen molar-refractivity contribution in [3.63, 3.8) is 0 Å². The Balaban J connectivity index is 2.34. The summed E-state index contributed by atoms with van der Waals surface area (Å²) in [5.41, 5.74) is 10.6. The summed E-state index contributed by atoms with van der Waals surface area (Å²) in [7, 11) is 0. The number of nitrogens with two attached hydrogens (primary N) is 1. The molecule has 18 heavy (non-hydrogen) atoms. The Kier molecular flexibility index (Phi) is 2.30. The Hall–Kier alpha value is -2.36. The second kappa shape index (κ2) is 3.84. The summed E-state index contributed by atoms with van der Waals surface area (Å²) in [5, 5.41) is 8.43. The van der Waals surface area contributed by atoms with Crippen molar-refractivity contribution in [3.05, 3.63) is 47.7 Å². The molecule has 0 amide bonds. The maximum Gasteiger partial charge on any atom is 0.184 e. The molecule has 0 aliphatic heterocycles. The molecule has 0 bridgehead atoms. The van der Waals surface area contributed by atoms with E-state index in [0.29, 0.717) is 11.3 Å². The minimum absolute atomic E-state index is 0.645. The third-order valence-electron chi connectivity index (χ3n) is 3.05. The molecule has 4 heteroatoms. The van der Waals surface area contributed by atoms with Crippen LogP contribution >= 0.6 is 0 Å². The average Bonchev–Trinajstić information content (AvgIpc) is 2.80. The highest BCUT2D eigenvalue weighted by molar-refractivity contribution is 5.70. The molecule has 3 rings (SSSR count). The van der Waals surface area contributed by atoms with Crippen molar-refractivity contribution >= 4 is 11.3 Å². The van der Waals surface area contributed by atoms with Crippen molar-refractivity contribution in [1.82, 2.24) is 14.6 Å². The van der Waals surface area contributed by atoms with E-state index in [0.717, 1.165) is 17.1 Å². The van der Waals surface area contributed by atoms with Gasteiger partial charge in [-0.3, -0.25) is 4.40 Å². The van der Waals surface area contributed by atoms with Gasteiger partial charge in [0.05, 0.1) is 5.69 Å². The van der Waals surface area contributed by atoms with Crippen LogP contribution in [0, 0.1) is 13.8 Å². The maximum atomic E-state index is 5.92. The zero-order valence-electron chi connectivity index (χ0n) is 10.4. The summed E-state index contributed by atoms with van der Waals surface area (Å²) >= 11 is 0. The largest absolute Gasteiger partial charge is 0.396 e. The van der Waals surface area contributed by atoms with Gasteiger partial charge in [-0.05, 0) is 32.0 Å². The lowest BCUT2D eigenvalue weighted by molar-refractivity contribution is 1.08. The first kappa shape index (κ1) is 10.8. The SMILES string of the molecule is Cc1cccc(-c2nnc3c(N)ccc(C)n23)c1. The first-order valence-corrected chi connectivity index (χ1v) is 5.84. The number of benzene rings is 1. The van der Waals surface area contributed by atoms with Crippen LogP contribution in [-0.2, 0) is 0 Å². The van der Waals surface area contributed by atoms with E-state index in [1.165, 1.54) is 5.56 Å². The summed E-state index contributed by atoms with van der Waals surface area (Å²) in [6, 6.07) is 12.1. The van der Waals surface area contributed by atoms with Crippen molar-refractivity contribution in [2.75, 3.05) is 5.73 Å². The molecule has 0 radical (unpaired) electrons. The summed E-state index contributed by atoms with van der Waals surface area (Å²) in [4.78, 5) is 0. The van der Waals surface area contributed by atoms with Gasteiger partial charge in [-0.2, -0.15) is 0 Å². The Morgan fingerprint density at radius 2 is 1.89 bits per heavy atom. The number of pyridine rings is 1. The quantitative estimate of drug-likeness (QED) is 0.709. The van der Waals surface area contributed by atoms with Gasteiger partial charge < -0.3 is 5.73 Å². The van der Waals surface area contributed by atoms with Crippen LogP contribution in [0.5, 0.6) is 0 Å². The molecular weight excluding hydrogens is 224 g/mol. The van der Waals surface area contributed by atoms with E-state index in [-0.39, 0.29) is 0 Å². The standard InChI is InChI=1S/C14H14N4/c1-9-4-3-5-11(8-9)13-16-17-14-12(15)7-6-10(2)18(13)14/h3-8H,15H2,1-2H3. The van der Waals surface area contributed by atoms with Crippen LogP contribution in [0.4, 0.5) is 5.69 Å². The zero-order valence-corrected chi connectivity index (χ0v) is 10.4. The van der Waals surface area contributed by atoms with E-state index in [9.17, 15) is 0 Å². The Morgan fingerprint density at radius 1 is 1.06 bits per heavy atom. The highest BCUT2D eigenvalue weighted by Crippen LogP contribution is 2.23. The summed E-state index contributed by atoms with van der Waals surface area (Å²) < 4.78 is 1.99. The molecule has 4 nitrogen and oxygen atoms in total. The van der Waals surface area contributed by atoms with Crippen LogP contribution < -0.4 is 5.73 Å². The Labute approximate surface area is 105 Å². The maximum absolute atomic E-state index is 5.92. The molecule has 0 saturated carbocycles. The summed E-state index contributed by atoms with van der Waals surface area (Å²) in [6.45, 7) is 4.09. The number of hydrogen-bond acceptors (Lipinski definition) is 3. The van der Waals surface area contributed by atoms with Crippen LogP contribution in [0.2, 0.25) is 0 Å². The van der Waals surface area contributed by atoms with Gasteiger partial charge in [0.2, 0.25) is 0 Å². The van der Waals surface area contributed by atoms with Crippen LogP contribution in [0.25, 0.3) is 17.0 Å². The number of hydrogen-bond donors (Lipinski definition) is 1. The molecule has 3 aromatic rings. The molecule has 0 atom stereocenters. The van der Waals surface area contributed by atoms with E-state index < -0.39 is 0 Å². The van der Waals surface area contributed by atoms with Gasteiger partial charge in [0.25, 0.3) is 0 Å². The van der Waals surface area contributed by atoms with Crippen molar-refractivity contribution < 1.29 is 0 Å². The monoisotopic (exact) mass is 238 g/mol. The van der Waals surface area contributed by atoms with Crippen LogP contribution in [0.3, 0.4) is 0 Å². The fourth-order valence-corrected chi connectivity index (χ4v) is 2.14. The van der Waals surface area contributed by atoms with Crippen LogP contribution in [0.15, 0.2) is 36.4 Å². The number of nitrogens with zero attached hydrogens (tertiary/aromatic N) is 3. The van der Waals surface area contributed by atoms with Crippen molar-refractivity contribution in [1.29, 1.82) is 0 Å². The average molecular weight is 238 g/mol. The van der Waals surface area contributed by atoms with E-state index in [1.807, 2.05) is 35.6 Å². The van der Waals surface area contributed by atoms with Crippen LogP contribution in [0.1, 0.15) is 11.3 Å². The molecule has 0 aliphatic rings. The predicted molar refractivity (Wildman–Crippen MR) is 72.3 cm³/mol. The minimum Gasteiger partial charge on any atom is -0.396 e. The smallest absolute Gasteiger partial charge is 0.184 e. The number of fused-ring (bicyclic) bond motifs is 1. The number of aromatic nitrogens is 3. The molecule has 1 aromatic carbocycles. The topological polar surface area (TPSA) is 56.2 Å². The van der Waals surface area contributed by atoms with E-state index in [4.69, 9.17) is 5.73 Å². The van der Waals surface area contributed by atoms with Crippen LogP contribution in [-0.4, -0.2) is 14.6 Å². The Bertz CT molecular complexity index is 728. The van der Waals surface area contributed by atoms with Gasteiger partial charge in [0.15, 0.2) is 11.5 Å². The highest BCUT2D eigenvalue weighted by atomic mass is 15.3. The summed E-state index contributed by atoms with van der Waals surface area (Å²) in [5.74, 6) is 0.832. The number of rotatable bonds is 1. The molecule has 0 fully saturated rings. The molecule has 0 aliphatic carbocycles. The van der Waals surface area contributed by atoms with Crippen molar-refractivity contribution in [2.45, 2.75) is 13.8 Å². The summed E-state index contributed by atoms with van der Waals surface area (Å²) in [6.07, 6.45) is 0. The predicted octanol–water partition coefficient (Wildman–Crippen LogP) is 2.60. The molecule has 2 N–H and O–H groups in total. The fourth-order valence-electron chi connectivity index (χ4n) is 2.14. The van der Waals surface area contributed by atoms with Crippen molar-refractivity contribution in [3.8, 4) is 11.4 Å². The number of nitrogen functional groups attached to an aromatic ring is 1. The second-order valence-corrected chi connectivity index (χ2v) is 4.48. The van der Waals surface area contributed by atoms with E-state index in [1.54, 1.807) is 0 Å². The Morgan fingerprint density at radius 3 is 2.67 bits per heavy atom. The highest BCUT2D eigenvalue weighted by Gasteiger charge is 2.11. The van der Waals surface area contributed by atoms with Gasteiger partial charge >= 0.3 is 0 Å². The molecule has 90 valence electrons. The second-order valence-electron chi connectivity index (χ2n) is 4.48. The van der Waals surface area contributed by atoms with E-state index >= 15 is 0 Å². The molecule has 0 spiro atoms. The molecular formula is C14H14N4. The molecule has 2 aromatic heterocycles. The first-order valence-electron chi connectivity index (χ1n) is 5.84. The molecule has 0 unspecified atom stereocenters. The minimum atomic E-state index is 0.645. The zero-order chi connectivity index (χ0) is 12.7. The van der Waals surface area contributed by atoms with E-state index in [2.05, 4.69) is 29.3 Å². The van der Waals surface area contributed by atoms with Gasteiger partial charge in [-0.15, -0.1) is 10.2 Å². The molecule has 0 saturated heterocycles. The van der Waals surface area contributed by atoms with Gasteiger partial charge in [-0.1, -0.05) is 23.8 Å². The fraction of sp³-hybridized carbons (Fsp3) is 0.143. The lowest BCUT2D eigenvalue weighted by Gasteiger charge is -2.05. The number of aryl methyl sites for hydroxylation is 2. The lowest BCUT2D eigenvalue weighted by Crippen LogP contribution is -1.98. The van der Waals surface area contributed by atoms with Crippen molar-refractivity contribution in [2.24, 2.45) is 0 Å². The van der Waals surface area contributed by atoms with Gasteiger partial charge in [-0.25, -0.2) is 0 Å². The number of anilines is 1. The van der Waals surface area contributed by atoms with Gasteiger partial charge in [0.1, 0.15) is 0 Å². The first-order chi connectivity index (χ1) is 8.66. The third-order valence-corrected chi connectivity index (χ3v) is 3.05. The molecule has 2 heterocycles.